The SMILES string of the molecule is COc1cccc(C(O)c2ccccc2C2CCC2)n1. The fraction of sp³-hybridized carbons (Fsp3) is 0.353. The van der Waals surface area contributed by atoms with E-state index in [9.17, 15) is 5.11 Å². The zero-order valence-corrected chi connectivity index (χ0v) is 11.6. The fourth-order valence-corrected chi connectivity index (χ4v) is 2.71. The molecule has 1 heterocycles. The maximum atomic E-state index is 10.6. The molecule has 2 aromatic rings. The molecule has 1 atom stereocenters. The standard InChI is InChI=1S/C17H19NO2/c1-20-16-11-5-10-15(18-16)17(19)14-9-3-2-8-13(14)12-6-4-7-12/h2-3,5,8-12,17,19H,4,6-7H2,1H3. The number of methoxy groups -OCH3 is 1. The normalized spacial score (nSPS) is 16.5. The van der Waals surface area contributed by atoms with Gasteiger partial charge in [-0.1, -0.05) is 36.8 Å². The second kappa shape index (κ2) is 5.63. The van der Waals surface area contributed by atoms with Gasteiger partial charge in [-0.2, -0.15) is 0 Å². The molecule has 1 aromatic heterocycles. The largest absolute Gasteiger partial charge is 0.481 e. The summed E-state index contributed by atoms with van der Waals surface area (Å²) < 4.78 is 5.13. The van der Waals surface area contributed by atoms with E-state index in [0.29, 0.717) is 17.5 Å². The van der Waals surface area contributed by atoms with E-state index in [1.807, 2.05) is 30.3 Å². The van der Waals surface area contributed by atoms with E-state index in [1.165, 1.54) is 24.8 Å². The van der Waals surface area contributed by atoms with Gasteiger partial charge in [0.2, 0.25) is 5.88 Å². The number of ether oxygens (including phenoxy) is 1. The van der Waals surface area contributed by atoms with Crippen molar-refractivity contribution in [3.63, 3.8) is 0 Å². The summed E-state index contributed by atoms with van der Waals surface area (Å²) in [5.41, 5.74) is 2.87. The summed E-state index contributed by atoms with van der Waals surface area (Å²) in [4.78, 5) is 4.34. The third-order valence-corrected chi connectivity index (χ3v) is 4.07. The topological polar surface area (TPSA) is 42.4 Å². The number of aromatic nitrogens is 1. The lowest BCUT2D eigenvalue weighted by Gasteiger charge is -2.29. The molecule has 3 rings (SSSR count). The Balaban J connectivity index is 1.95. The van der Waals surface area contributed by atoms with Gasteiger partial charge in [-0.25, -0.2) is 4.98 Å². The molecule has 1 aliphatic carbocycles. The van der Waals surface area contributed by atoms with Gasteiger partial charge in [0.1, 0.15) is 6.10 Å². The minimum atomic E-state index is -0.693. The van der Waals surface area contributed by atoms with Crippen LogP contribution in [0.3, 0.4) is 0 Å². The number of benzene rings is 1. The van der Waals surface area contributed by atoms with Crippen LogP contribution >= 0.6 is 0 Å². The van der Waals surface area contributed by atoms with Crippen LogP contribution in [0.2, 0.25) is 0 Å². The molecule has 104 valence electrons. The molecular formula is C17H19NO2. The highest BCUT2D eigenvalue weighted by Gasteiger charge is 2.25. The molecule has 3 nitrogen and oxygen atoms in total. The highest BCUT2D eigenvalue weighted by atomic mass is 16.5. The van der Waals surface area contributed by atoms with Crippen molar-refractivity contribution in [2.45, 2.75) is 31.3 Å². The summed E-state index contributed by atoms with van der Waals surface area (Å²) in [7, 11) is 1.58. The van der Waals surface area contributed by atoms with E-state index in [-0.39, 0.29) is 0 Å². The van der Waals surface area contributed by atoms with Gasteiger partial charge in [-0.05, 0) is 36.0 Å². The molecule has 1 aromatic carbocycles. The zero-order valence-electron chi connectivity index (χ0n) is 11.6. The predicted octanol–water partition coefficient (Wildman–Crippen LogP) is 3.44. The molecular weight excluding hydrogens is 250 g/mol. The first-order valence-electron chi connectivity index (χ1n) is 7.07. The number of aliphatic hydroxyl groups excluding tert-OH is 1. The fourth-order valence-electron chi connectivity index (χ4n) is 2.71. The Hall–Kier alpha value is -1.87. The number of hydrogen-bond donors (Lipinski definition) is 1. The van der Waals surface area contributed by atoms with Crippen LogP contribution in [-0.2, 0) is 0 Å². The van der Waals surface area contributed by atoms with Crippen molar-refractivity contribution in [1.29, 1.82) is 0 Å². The Morgan fingerprint density at radius 2 is 1.95 bits per heavy atom. The van der Waals surface area contributed by atoms with Gasteiger partial charge in [0, 0.05) is 6.07 Å². The van der Waals surface area contributed by atoms with Crippen LogP contribution in [0.1, 0.15) is 48.1 Å². The van der Waals surface area contributed by atoms with E-state index in [1.54, 1.807) is 13.2 Å². The maximum absolute atomic E-state index is 10.6. The summed E-state index contributed by atoms with van der Waals surface area (Å²) in [5.74, 6) is 1.12. The van der Waals surface area contributed by atoms with Crippen LogP contribution < -0.4 is 4.74 Å². The number of hydrogen-bond acceptors (Lipinski definition) is 3. The van der Waals surface area contributed by atoms with Crippen molar-refractivity contribution >= 4 is 0 Å². The van der Waals surface area contributed by atoms with Crippen LogP contribution in [0.25, 0.3) is 0 Å². The molecule has 0 bridgehead atoms. The molecule has 0 radical (unpaired) electrons. The van der Waals surface area contributed by atoms with Crippen molar-refractivity contribution in [1.82, 2.24) is 4.98 Å². The molecule has 20 heavy (non-hydrogen) atoms. The molecule has 1 unspecified atom stereocenters. The molecule has 3 heteroatoms. The van der Waals surface area contributed by atoms with E-state index in [4.69, 9.17) is 4.74 Å². The van der Waals surface area contributed by atoms with Gasteiger partial charge in [0.25, 0.3) is 0 Å². The van der Waals surface area contributed by atoms with E-state index >= 15 is 0 Å². The number of nitrogens with zero attached hydrogens (tertiary/aromatic N) is 1. The summed E-state index contributed by atoms with van der Waals surface area (Å²) >= 11 is 0. The molecule has 1 fully saturated rings. The molecule has 0 spiro atoms. The van der Waals surface area contributed by atoms with E-state index < -0.39 is 6.10 Å². The van der Waals surface area contributed by atoms with Gasteiger partial charge in [0.15, 0.2) is 0 Å². The first-order valence-corrected chi connectivity index (χ1v) is 7.07. The highest BCUT2D eigenvalue weighted by molar-refractivity contribution is 5.37. The lowest BCUT2D eigenvalue weighted by molar-refractivity contribution is 0.210. The Bertz CT molecular complexity index is 593. The first-order chi connectivity index (χ1) is 9.79. The minimum Gasteiger partial charge on any atom is -0.481 e. The van der Waals surface area contributed by atoms with Crippen LogP contribution in [0.5, 0.6) is 5.88 Å². The van der Waals surface area contributed by atoms with Crippen molar-refractivity contribution in [3.8, 4) is 5.88 Å². The smallest absolute Gasteiger partial charge is 0.213 e. The van der Waals surface area contributed by atoms with Crippen molar-refractivity contribution in [2.75, 3.05) is 7.11 Å². The monoisotopic (exact) mass is 269 g/mol. The van der Waals surface area contributed by atoms with Crippen LogP contribution in [0.4, 0.5) is 0 Å². The lowest BCUT2D eigenvalue weighted by atomic mass is 9.77. The van der Waals surface area contributed by atoms with Crippen LogP contribution in [0, 0.1) is 0 Å². The van der Waals surface area contributed by atoms with Gasteiger partial charge in [0.05, 0.1) is 12.8 Å². The summed E-state index contributed by atoms with van der Waals surface area (Å²) in [6.45, 7) is 0. The van der Waals surface area contributed by atoms with Crippen molar-refractivity contribution < 1.29 is 9.84 Å². The maximum Gasteiger partial charge on any atom is 0.213 e. The second-order valence-corrected chi connectivity index (χ2v) is 5.26. The van der Waals surface area contributed by atoms with E-state index in [2.05, 4.69) is 11.1 Å². The van der Waals surface area contributed by atoms with Gasteiger partial charge in [-0.3, -0.25) is 0 Å². The van der Waals surface area contributed by atoms with Gasteiger partial charge < -0.3 is 9.84 Å². The summed E-state index contributed by atoms with van der Waals surface area (Å²) in [6, 6.07) is 13.6. The lowest BCUT2D eigenvalue weighted by Crippen LogP contribution is -2.14. The minimum absolute atomic E-state index is 0.530. The predicted molar refractivity (Wildman–Crippen MR) is 77.9 cm³/mol. The van der Waals surface area contributed by atoms with Gasteiger partial charge >= 0.3 is 0 Å². The first kappa shape index (κ1) is 13.1. The van der Waals surface area contributed by atoms with Crippen LogP contribution in [-0.4, -0.2) is 17.2 Å². The van der Waals surface area contributed by atoms with E-state index in [0.717, 1.165) is 5.56 Å². The molecule has 0 saturated heterocycles. The molecule has 1 saturated carbocycles. The van der Waals surface area contributed by atoms with Crippen LogP contribution in [0.15, 0.2) is 42.5 Å². The third kappa shape index (κ3) is 2.41. The average molecular weight is 269 g/mol. The second-order valence-electron chi connectivity index (χ2n) is 5.26. The number of rotatable bonds is 4. The summed E-state index contributed by atoms with van der Waals surface area (Å²) in [6.07, 6.45) is 3.03. The Morgan fingerprint density at radius 1 is 1.15 bits per heavy atom. The number of pyridine rings is 1. The van der Waals surface area contributed by atoms with Gasteiger partial charge in [-0.15, -0.1) is 0 Å². The molecule has 1 aliphatic rings. The average Bonchev–Trinajstić information content (AvgIpc) is 2.45. The Labute approximate surface area is 119 Å². The van der Waals surface area contributed by atoms with Crippen molar-refractivity contribution in [2.24, 2.45) is 0 Å². The zero-order chi connectivity index (χ0) is 13.9. The Morgan fingerprint density at radius 3 is 2.65 bits per heavy atom. The summed E-state index contributed by atoms with van der Waals surface area (Å²) in [5, 5.41) is 10.6. The third-order valence-electron chi connectivity index (χ3n) is 4.07. The van der Waals surface area contributed by atoms with Crippen molar-refractivity contribution in [3.05, 3.63) is 59.3 Å². The highest BCUT2D eigenvalue weighted by Crippen LogP contribution is 2.40. The molecule has 0 amide bonds. The molecule has 1 N–H and O–H groups in total. The molecule has 0 aliphatic heterocycles. The number of aliphatic hydroxyl groups is 1. The Kier molecular flexibility index (Phi) is 3.70. The quantitative estimate of drug-likeness (QED) is 0.924.